The maximum atomic E-state index is 9.69. The van der Waals surface area contributed by atoms with E-state index in [9.17, 15) is 5.11 Å². The molecular formula is C21H28ClN3OS. The molecule has 0 saturated heterocycles. The van der Waals surface area contributed by atoms with E-state index >= 15 is 0 Å². The van der Waals surface area contributed by atoms with Crippen molar-refractivity contribution in [3.05, 3.63) is 50.2 Å². The van der Waals surface area contributed by atoms with E-state index in [1.165, 1.54) is 16.0 Å². The molecule has 0 radical (unpaired) electrons. The van der Waals surface area contributed by atoms with E-state index in [1.54, 1.807) is 30.5 Å². The summed E-state index contributed by atoms with van der Waals surface area (Å²) in [6, 6.07) is 7.37. The SMILES string of the molecule is CC/C(=N\NNC)c1cc(C)c(/C=C(/c2ccc(O)cc2Cl)C(C)CC)s1. The number of hydrazone groups is 1. The molecule has 1 atom stereocenters. The minimum atomic E-state index is 0.183. The zero-order valence-corrected chi connectivity index (χ0v) is 18.1. The summed E-state index contributed by atoms with van der Waals surface area (Å²) in [6.45, 7) is 8.60. The maximum Gasteiger partial charge on any atom is 0.117 e. The predicted octanol–water partition coefficient (Wildman–Crippen LogP) is 5.84. The lowest BCUT2D eigenvalue weighted by Crippen LogP contribution is -2.23. The van der Waals surface area contributed by atoms with Crippen LogP contribution in [0, 0.1) is 12.8 Å². The number of hydrogen-bond donors (Lipinski definition) is 3. The molecule has 1 heterocycles. The Kier molecular flexibility index (Phi) is 7.90. The fraction of sp³-hybridized carbons (Fsp3) is 0.381. The van der Waals surface area contributed by atoms with Crippen molar-refractivity contribution in [3.63, 3.8) is 0 Å². The second-order valence-corrected chi connectivity index (χ2v) is 8.00. The Balaban J connectivity index is 2.51. The summed E-state index contributed by atoms with van der Waals surface area (Å²) in [5.74, 6) is 0.532. The number of halogens is 1. The zero-order valence-electron chi connectivity index (χ0n) is 16.6. The number of hydrazine groups is 1. The largest absolute Gasteiger partial charge is 0.508 e. The van der Waals surface area contributed by atoms with Crippen LogP contribution in [0.1, 0.15) is 54.5 Å². The molecule has 0 spiro atoms. The lowest BCUT2D eigenvalue weighted by Gasteiger charge is -2.16. The molecule has 0 aliphatic rings. The number of allylic oxidation sites excluding steroid dienone is 1. The van der Waals surface area contributed by atoms with Crippen molar-refractivity contribution in [1.82, 2.24) is 11.0 Å². The molecule has 1 aromatic heterocycles. The molecule has 6 heteroatoms. The monoisotopic (exact) mass is 405 g/mol. The van der Waals surface area contributed by atoms with E-state index in [0.29, 0.717) is 10.9 Å². The fourth-order valence-electron chi connectivity index (χ4n) is 2.80. The van der Waals surface area contributed by atoms with E-state index in [0.717, 1.165) is 29.0 Å². The second-order valence-electron chi connectivity index (χ2n) is 6.50. The third kappa shape index (κ3) is 5.34. The van der Waals surface area contributed by atoms with Gasteiger partial charge in [0.15, 0.2) is 0 Å². The van der Waals surface area contributed by atoms with E-state index in [4.69, 9.17) is 11.6 Å². The normalized spacial score (nSPS) is 13.7. The molecule has 2 rings (SSSR count). The number of phenolic OH excluding ortho intramolecular Hbond substituents is 1. The smallest absolute Gasteiger partial charge is 0.117 e. The van der Waals surface area contributed by atoms with Gasteiger partial charge in [-0.2, -0.15) is 5.10 Å². The molecule has 0 bridgehead atoms. The van der Waals surface area contributed by atoms with Gasteiger partial charge in [-0.05, 0) is 72.7 Å². The van der Waals surface area contributed by atoms with Gasteiger partial charge in [0.1, 0.15) is 5.75 Å². The number of rotatable bonds is 8. The molecule has 1 unspecified atom stereocenters. The quantitative estimate of drug-likeness (QED) is 0.382. The summed E-state index contributed by atoms with van der Waals surface area (Å²) >= 11 is 8.17. The lowest BCUT2D eigenvalue weighted by atomic mass is 9.91. The van der Waals surface area contributed by atoms with E-state index in [-0.39, 0.29) is 5.75 Å². The highest BCUT2D eigenvalue weighted by Gasteiger charge is 2.16. The number of benzene rings is 1. The highest BCUT2D eigenvalue weighted by molar-refractivity contribution is 7.15. The van der Waals surface area contributed by atoms with Crippen molar-refractivity contribution >= 4 is 40.3 Å². The van der Waals surface area contributed by atoms with Crippen LogP contribution in [0.4, 0.5) is 0 Å². The minimum Gasteiger partial charge on any atom is -0.508 e. The Hall–Kier alpha value is -1.82. The fourth-order valence-corrected chi connectivity index (χ4v) is 4.27. The minimum absolute atomic E-state index is 0.183. The predicted molar refractivity (Wildman–Crippen MR) is 119 cm³/mol. The molecular weight excluding hydrogens is 378 g/mol. The molecule has 0 aliphatic heterocycles. The Morgan fingerprint density at radius 3 is 2.67 bits per heavy atom. The molecule has 3 N–H and O–H groups in total. The summed E-state index contributed by atoms with van der Waals surface area (Å²) in [7, 11) is 1.80. The van der Waals surface area contributed by atoms with Gasteiger partial charge < -0.3 is 5.11 Å². The van der Waals surface area contributed by atoms with Gasteiger partial charge in [-0.25, -0.2) is 11.0 Å². The van der Waals surface area contributed by atoms with Crippen molar-refractivity contribution in [3.8, 4) is 5.75 Å². The average Bonchev–Trinajstić information content (AvgIpc) is 3.00. The molecule has 146 valence electrons. The molecule has 0 fully saturated rings. The lowest BCUT2D eigenvalue weighted by molar-refractivity contribution is 0.475. The number of phenols is 1. The highest BCUT2D eigenvalue weighted by Crippen LogP contribution is 2.36. The third-order valence-electron chi connectivity index (χ3n) is 4.57. The van der Waals surface area contributed by atoms with E-state index in [1.807, 2.05) is 6.07 Å². The topological polar surface area (TPSA) is 56.7 Å². The van der Waals surface area contributed by atoms with E-state index in [2.05, 4.69) is 55.9 Å². The number of aromatic hydroxyl groups is 1. The van der Waals surface area contributed by atoms with Gasteiger partial charge in [-0.1, -0.05) is 32.4 Å². The molecule has 0 amide bonds. The summed E-state index contributed by atoms with van der Waals surface area (Å²) in [5, 5.41) is 14.7. The van der Waals surface area contributed by atoms with Crippen LogP contribution >= 0.6 is 22.9 Å². The molecule has 2 aromatic rings. The summed E-state index contributed by atoms with van der Waals surface area (Å²) in [5.41, 5.74) is 10.0. The Morgan fingerprint density at radius 2 is 2.07 bits per heavy atom. The molecule has 1 aromatic carbocycles. The Morgan fingerprint density at radius 1 is 1.33 bits per heavy atom. The first-order chi connectivity index (χ1) is 12.9. The van der Waals surface area contributed by atoms with Gasteiger partial charge in [-0.15, -0.1) is 11.3 Å². The van der Waals surface area contributed by atoms with Crippen LogP contribution in [0.2, 0.25) is 5.02 Å². The van der Waals surface area contributed by atoms with Gasteiger partial charge >= 0.3 is 0 Å². The third-order valence-corrected chi connectivity index (χ3v) is 6.12. The maximum absolute atomic E-state index is 9.69. The van der Waals surface area contributed by atoms with Crippen LogP contribution in [0.5, 0.6) is 5.75 Å². The zero-order chi connectivity index (χ0) is 20.0. The van der Waals surface area contributed by atoms with Gasteiger partial charge in [0, 0.05) is 11.9 Å². The standard InChI is InChI=1S/C21H28ClN3OS/c1-6-13(3)17(16-9-8-15(26)11-18(16)22)12-20-14(4)10-21(27-20)19(7-2)24-25-23-5/h8-13,23,25-26H,6-7H2,1-5H3/b17-12+,24-19+. The first kappa shape index (κ1) is 21.5. The molecule has 27 heavy (non-hydrogen) atoms. The summed E-state index contributed by atoms with van der Waals surface area (Å²) in [6.07, 6.45) is 4.09. The first-order valence-electron chi connectivity index (χ1n) is 9.20. The second kappa shape index (κ2) is 9.93. The van der Waals surface area contributed by atoms with Crippen LogP contribution in [-0.2, 0) is 0 Å². The average molecular weight is 406 g/mol. The molecule has 0 aliphatic carbocycles. The Bertz CT molecular complexity index is 842. The van der Waals surface area contributed by atoms with Crippen LogP contribution in [0.25, 0.3) is 11.6 Å². The van der Waals surface area contributed by atoms with Gasteiger partial charge in [0.25, 0.3) is 0 Å². The number of aryl methyl sites for hydroxylation is 1. The molecule has 4 nitrogen and oxygen atoms in total. The van der Waals surface area contributed by atoms with Crippen molar-refractivity contribution < 1.29 is 5.11 Å². The van der Waals surface area contributed by atoms with Crippen LogP contribution in [0.3, 0.4) is 0 Å². The number of nitrogens with zero attached hydrogens (tertiary/aromatic N) is 1. The summed E-state index contributed by atoms with van der Waals surface area (Å²) in [4.78, 5) is 2.36. The van der Waals surface area contributed by atoms with Gasteiger partial charge in [-0.3, -0.25) is 0 Å². The van der Waals surface area contributed by atoms with E-state index < -0.39 is 0 Å². The Labute approximate surface area is 170 Å². The van der Waals surface area contributed by atoms with Crippen molar-refractivity contribution in [2.45, 2.75) is 40.5 Å². The highest BCUT2D eigenvalue weighted by atomic mass is 35.5. The summed E-state index contributed by atoms with van der Waals surface area (Å²) < 4.78 is 0. The number of nitrogens with one attached hydrogen (secondary N) is 2. The van der Waals surface area contributed by atoms with Crippen molar-refractivity contribution in [2.75, 3.05) is 7.05 Å². The van der Waals surface area contributed by atoms with Crippen molar-refractivity contribution in [2.24, 2.45) is 11.0 Å². The van der Waals surface area contributed by atoms with Gasteiger partial charge in [0.2, 0.25) is 0 Å². The van der Waals surface area contributed by atoms with Crippen LogP contribution < -0.4 is 11.0 Å². The first-order valence-corrected chi connectivity index (χ1v) is 10.4. The van der Waals surface area contributed by atoms with Crippen LogP contribution in [-0.4, -0.2) is 17.9 Å². The van der Waals surface area contributed by atoms with Gasteiger partial charge in [0.05, 0.1) is 15.6 Å². The number of hydrogen-bond acceptors (Lipinski definition) is 5. The number of thiophene rings is 1. The molecule has 0 saturated carbocycles. The van der Waals surface area contributed by atoms with Crippen molar-refractivity contribution in [1.29, 1.82) is 0 Å². The van der Waals surface area contributed by atoms with Crippen LogP contribution in [0.15, 0.2) is 29.4 Å².